The number of amides is 1. The van der Waals surface area contributed by atoms with Crippen molar-refractivity contribution in [2.45, 2.75) is 65.6 Å². The average molecular weight is 387 g/mol. The molecule has 0 radical (unpaired) electrons. The molecule has 0 aromatic carbocycles. The molecule has 4 atom stereocenters. The van der Waals surface area contributed by atoms with Crippen LogP contribution in [0, 0.1) is 17.8 Å². The van der Waals surface area contributed by atoms with Crippen LogP contribution in [0.4, 0.5) is 0 Å². The van der Waals surface area contributed by atoms with Crippen LogP contribution in [-0.2, 0) is 14.4 Å². The van der Waals surface area contributed by atoms with Crippen molar-refractivity contribution in [2.24, 2.45) is 29.2 Å². The van der Waals surface area contributed by atoms with E-state index in [0.29, 0.717) is 18.9 Å². The van der Waals surface area contributed by atoms with Gasteiger partial charge >= 0.3 is 0 Å². The van der Waals surface area contributed by atoms with Gasteiger partial charge in [0, 0.05) is 18.9 Å². The van der Waals surface area contributed by atoms with Crippen molar-refractivity contribution in [3.05, 3.63) is 0 Å². The third kappa shape index (κ3) is 9.41. The molecule has 0 rings (SSSR count). The lowest BCUT2D eigenvalue weighted by molar-refractivity contribution is -0.136. The van der Waals surface area contributed by atoms with Gasteiger partial charge in [-0.05, 0) is 32.4 Å². The topological polar surface area (TPSA) is 148 Å². The Hall–Kier alpha value is -1.35. The first-order valence-corrected chi connectivity index (χ1v) is 9.73. The second-order valence-corrected chi connectivity index (χ2v) is 7.80. The molecule has 0 saturated heterocycles. The van der Waals surface area contributed by atoms with E-state index >= 15 is 0 Å². The highest BCUT2D eigenvalue weighted by atomic mass is 16.3. The molecule has 0 saturated carbocycles. The van der Waals surface area contributed by atoms with Gasteiger partial charge in [0.2, 0.25) is 5.91 Å². The number of carbonyl (C=O) groups is 3. The molecule has 1 amide bonds. The summed E-state index contributed by atoms with van der Waals surface area (Å²) in [4.78, 5) is 37.4. The lowest BCUT2D eigenvalue weighted by atomic mass is 9.91. The monoisotopic (exact) mass is 386 g/mol. The zero-order valence-electron chi connectivity index (χ0n) is 17.3. The Kier molecular flexibility index (Phi) is 12.3. The number of Topliss-reactive ketones (excluding diaryl/α,β-unsaturated/α-hetero) is 2. The fourth-order valence-corrected chi connectivity index (χ4v) is 2.68. The van der Waals surface area contributed by atoms with Crippen LogP contribution in [-0.4, -0.2) is 60.4 Å². The van der Waals surface area contributed by atoms with Crippen molar-refractivity contribution in [3.63, 3.8) is 0 Å². The van der Waals surface area contributed by atoms with Crippen LogP contribution in [0.15, 0.2) is 0 Å². The summed E-state index contributed by atoms with van der Waals surface area (Å²) in [5, 5.41) is 15.8. The summed E-state index contributed by atoms with van der Waals surface area (Å²) in [6.07, 6.45) is -0.878. The van der Waals surface area contributed by atoms with Gasteiger partial charge in [0.1, 0.15) is 0 Å². The van der Waals surface area contributed by atoms with Crippen LogP contribution in [0.3, 0.4) is 0 Å². The first kappa shape index (κ1) is 25.6. The van der Waals surface area contributed by atoms with Gasteiger partial charge < -0.3 is 27.2 Å². The molecule has 27 heavy (non-hydrogen) atoms. The molecule has 0 aliphatic carbocycles. The van der Waals surface area contributed by atoms with Gasteiger partial charge in [0.05, 0.1) is 24.1 Å². The van der Waals surface area contributed by atoms with E-state index in [1.54, 1.807) is 13.8 Å². The van der Waals surface area contributed by atoms with E-state index in [4.69, 9.17) is 11.5 Å². The maximum atomic E-state index is 12.6. The van der Waals surface area contributed by atoms with Crippen LogP contribution < -0.4 is 22.1 Å². The Morgan fingerprint density at radius 2 is 1.59 bits per heavy atom. The molecular weight excluding hydrogens is 348 g/mol. The molecule has 158 valence electrons. The Morgan fingerprint density at radius 3 is 2.00 bits per heavy atom. The lowest BCUT2D eigenvalue weighted by Gasteiger charge is -2.25. The van der Waals surface area contributed by atoms with E-state index < -0.39 is 30.0 Å². The number of rotatable bonds is 14. The largest absolute Gasteiger partial charge is 0.393 e. The van der Waals surface area contributed by atoms with E-state index in [2.05, 4.69) is 10.6 Å². The highest BCUT2D eigenvalue weighted by Crippen LogP contribution is 2.14. The molecule has 8 heteroatoms. The Morgan fingerprint density at radius 1 is 1.00 bits per heavy atom. The van der Waals surface area contributed by atoms with Crippen LogP contribution >= 0.6 is 0 Å². The van der Waals surface area contributed by atoms with E-state index in [9.17, 15) is 19.5 Å². The minimum Gasteiger partial charge on any atom is -0.393 e. The van der Waals surface area contributed by atoms with E-state index in [0.717, 1.165) is 0 Å². The number of ketones is 2. The molecule has 8 nitrogen and oxygen atoms in total. The molecule has 0 aromatic rings. The van der Waals surface area contributed by atoms with Gasteiger partial charge in [-0.15, -0.1) is 0 Å². The van der Waals surface area contributed by atoms with Crippen molar-refractivity contribution in [2.75, 3.05) is 19.6 Å². The van der Waals surface area contributed by atoms with Gasteiger partial charge in [-0.3, -0.25) is 14.4 Å². The molecule has 0 heterocycles. The summed E-state index contributed by atoms with van der Waals surface area (Å²) in [6, 6.07) is -1.29. The third-order valence-corrected chi connectivity index (χ3v) is 4.42. The van der Waals surface area contributed by atoms with Crippen molar-refractivity contribution in [3.8, 4) is 0 Å². The van der Waals surface area contributed by atoms with Crippen molar-refractivity contribution in [1.82, 2.24) is 10.6 Å². The first-order chi connectivity index (χ1) is 12.5. The predicted molar refractivity (Wildman–Crippen MR) is 106 cm³/mol. The molecule has 0 aliphatic heterocycles. The van der Waals surface area contributed by atoms with Gasteiger partial charge in [-0.1, -0.05) is 27.7 Å². The second-order valence-electron chi connectivity index (χ2n) is 7.80. The minimum atomic E-state index is -1.04. The van der Waals surface area contributed by atoms with Gasteiger partial charge in [0.25, 0.3) is 0 Å². The molecule has 7 N–H and O–H groups in total. The number of aliphatic hydroxyl groups is 1. The lowest BCUT2D eigenvalue weighted by Crippen LogP contribution is -2.50. The highest BCUT2D eigenvalue weighted by molar-refractivity contribution is 5.93. The van der Waals surface area contributed by atoms with Gasteiger partial charge in [-0.2, -0.15) is 0 Å². The summed E-state index contributed by atoms with van der Waals surface area (Å²) in [7, 11) is 0. The number of nitrogens with two attached hydrogens (primary N) is 2. The standard InChI is InChI=1S/C19H38N4O4/c1-11(2)10-22-16(9-21)17(25)8-14(13(5)24)19(27)23-15(6-7-20)18(26)12(3)4/h11-16,22,24H,6-10,20-21H2,1-5H3,(H,23,27)/t13-,14-,15-,16-/m0/s1. The van der Waals surface area contributed by atoms with Crippen molar-refractivity contribution in [1.29, 1.82) is 0 Å². The maximum Gasteiger partial charge on any atom is 0.226 e. The zero-order chi connectivity index (χ0) is 21.1. The fraction of sp³-hybridized carbons (Fsp3) is 0.842. The molecule has 0 aliphatic rings. The van der Waals surface area contributed by atoms with Crippen LogP contribution in [0.5, 0.6) is 0 Å². The number of aliphatic hydroxyl groups excluding tert-OH is 1. The van der Waals surface area contributed by atoms with Crippen molar-refractivity contribution < 1.29 is 19.5 Å². The number of nitrogens with one attached hydrogen (secondary N) is 2. The van der Waals surface area contributed by atoms with E-state index in [1.807, 2.05) is 13.8 Å². The summed E-state index contributed by atoms with van der Waals surface area (Å²) in [6.45, 7) is 9.97. The molecule has 0 fully saturated rings. The SMILES string of the molecule is CC(C)CN[C@@H](CN)C(=O)C[C@H](C(=O)N[C@@H](CCN)C(=O)C(C)C)[C@H](C)O. The summed E-state index contributed by atoms with van der Waals surface area (Å²) in [5.41, 5.74) is 11.2. The highest BCUT2D eigenvalue weighted by Gasteiger charge is 2.32. The molecule has 0 spiro atoms. The number of hydrogen-bond acceptors (Lipinski definition) is 7. The second kappa shape index (κ2) is 12.9. The molecular formula is C19H38N4O4. The average Bonchev–Trinajstić information content (AvgIpc) is 2.58. The fourth-order valence-electron chi connectivity index (χ4n) is 2.68. The van der Waals surface area contributed by atoms with Crippen molar-refractivity contribution >= 4 is 17.5 Å². The van der Waals surface area contributed by atoms with Crippen LogP contribution in [0.1, 0.15) is 47.5 Å². The zero-order valence-corrected chi connectivity index (χ0v) is 17.3. The number of hydrogen-bond donors (Lipinski definition) is 5. The molecule has 0 aromatic heterocycles. The minimum absolute atomic E-state index is 0.112. The summed E-state index contributed by atoms with van der Waals surface area (Å²) in [5.74, 6) is -1.73. The van der Waals surface area contributed by atoms with Crippen LogP contribution in [0.2, 0.25) is 0 Å². The van der Waals surface area contributed by atoms with Gasteiger partial charge in [0.15, 0.2) is 11.6 Å². The molecule has 0 unspecified atom stereocenters. The van der Waals surface area contributed by atoms with Crippen LogP contribution in [0.25, 0.3) is 0 Å². The Balaban J connectivity index is 5.10. The predicted octanol–water partition coefficient (Wildman–Crippen LogP) is -0.426. The first-order valence-electron chi connectivity index (χ1n) is 9.73. The van der Waals surface area contributed by atoms with E-state index in [1.165, 1.54) is 6.92 Å². The summed E-state index contributed by atoms with van der Waals surface area (Å²) >= 11 is 0. The molecule has 0 bridgehead atoms. The quantitative estimate of drug-likeness (QED) is 0.272. The Bertz CT molecular complexity index is 480. The Labute approximate surface area is 162 Å². The summed E-state index contributed by atoms with van der Waals surface area (Å²) < 4.78 is 0. The smallest absolute Gasteiger partial charge is 0.226 e. The van der Waals surface area contributed by atoms with Gasteiger partial charge in [-0.25, -0.2) is 0 Å². The number of carbonyl (C=O) groups excluding carboxylic acids is 3. The maximum absolute atomic E-state index is 12.6. The third-order valence-electron chi connectivity index (χ3n) is 4.42. The normalized spacial score (nSPS) is 16.1. The van der Waals surface area contributed by atoms with E-state index in [-0.39, 0.29) is 37.0 Å².